The second-order valence-corrected chi connectivity index (χ2v) is 27.9. The minimum absolute atomic E-state index is 0.0445. The number of carbonyl (C=O) groups excluding carboxylic acids is 3. The monoisotopic (exact) mass is 1410 g/mol. The van der Waals surface area contributed by atoms with Gasteiger partial charge in [-0.3, -0.25) is 33.6 Å². The highest BCUT2D eigenvalue weighted by atomic mass is 32.2. The molecule has 3 fully saturated rings. The SMILES string of the molecule is O=C(NCC(O)CC1=CCN=C1)c1cnc(N2CCOCC2)c(C#Cc2ccc(F)cc2)c1.O=C(NCC(O)CC1=CCN=C1)c1cnc(N2CCS(=O)CC2)c(C#Cc2ccc(F)cc2)c1.O=C(NCCCC1=CCN=C1)c1cnc(N2CCS(=O)(=O)CC2)c(C#Cc2ccc(F)cc2)c1. The van der Waals surface area contributed by atoms with E-state index in [2.05, 4.69) is 92.4 Å². The highest BCUT2D eigenvalue weighted by molar-refractivity contribution is 7.91. The summed E-state index contributed by atoms with van der Waals surface area (Å²) in [5.74, 6) is 19.2. The summed E-state index contributed by atoms with van der Waals surface area (Å²) in [4.78, 5) is 69.9. The zero-order valence-corrected chi connectivity index (χ0v) is 56.9. The number of hydrogen-bond donors (Lipinski definition) is 5. The molecule has 2 atom stereocenters. The van der Waals surface area contributed by atoms with Crippen molar-refractivity contribution in [1.29, 1.82) is 0 Å². The summed E-state index contributed by atoms with van der Waals surface area (Å²) in [5.41, 5.74) is 7.73. The predicted octanol–water partition coefficient (Wildman–Crippen LogP) is 6.01. The van der Waals surface area contributed by atoms with Crippen molar-refractivity contribution in [3.8, 4) is 35.5 Å². The van der Waals surface area contributed by atoms with E-state index in [1.54, 1.807) is 67.0 Å². The number of amides is 3. The quantitative estimate of drug-likeness (QED) is 0.0487. The molecule has 0 bridgehead atoms. The minimum Gasteiger partial charge on any atom is -0.391 e. The molecule has 0 spiro atoms. The smallest absolute Gasteiger partial charge is 0.252 e. The van der Waals surface area contributed by atoms with Crippen LogP contribution in [0.1, 0.15) is 90.1 Å². The lowest BCUT2D eigenvalue weighted by Gasteiger charge is -2.28. The van der Waals surface area contributed by atoms with Crippen molar-refractivity contribution in [2.75, 3.05) is 129 Å². The first-order valence-corrected chi connectivity index (χ1v) is 36.2. The van der Waals surface area contributed by atoms with Crippen LogP contribution in [0, 0.1) is 53.0 Å². The van der Waals surface area contributed by atoms with Crippen molar-refractivity contribution < 1.29 is 55.1 Å². The van der Waals surface area contributed by atoms with Crippen LogP contribution in [0.3, 0.4) is 0 Å². The first-order valence-electron chi connectivity index (χ1n) is 32.9. The second kappa shape index (κ2) is 36.6. The Labute approximate surface area is 587 Å². The Bertz CT molecular complexity index is 4490. The van der Waals surface area contributed by atoms with Crippen LogP contribution in [0.15, 0.2) is 160 Å². The van der Waals surface area contributed by atoms with Gasteiger partial charge in [0.2, 0.25) is 0 Å². The molecule has 21 nitrogen and oxygen atoms in total. The third-order valence-electron chi connectivity index (χ3n) is 16.4. The van der Waals surface area contributed by atoms with Crippen molar-refractivity contribution in [3.63, 3.8) is 0 Å². The van der Waals surface area contributed by atoms with Gasteiger partial charge < -0.3 is 45.6 Å². The summed E-state index contributed by atoms with van der Waals surface area (Å²) < 4.78 is 80.5. The topological polar surface area (TPSA) is 274 Å². The first-order chi connectivity index (χ1) is 48.9. The molecule has 0 saturated carbocycles. The number of anilines is 3. The Balaban J connectivity index is 0.000000163. The largest absolute Gasteiger partial charge is 0.391 e. The van der Waals surface area contributed by atoms with Crippen LogP contribution >= 0.6 is 0 Å². The maximum atomic E-state index is 13.2. The van der Waals surface area contributed by atoms with Gasteiger partial charge in [0.15, 0.2) is 9.84 Å². The number of halogens is 3. The molecule has 3 amide bonds. The summed E-state index contributed by atoms with van der Waals surface area (Å²) in [6.45, 7) is 7.05. The third-order valence-corrected chi connectivity index (χ3v) is 19.3. The van der Waals surface area contributed by atoms with Gasteiger partial charge in [-0.15, -0.1) is 0 Å². The Kier molecular flexibility index (Phi) is 26.6. The Morgan fingerprint density at radius 1 is 0.515 bits per heavy atom. The lowest BCUT2D eigenvalue weighted by atomic mass is 10.1. The van der Waals surface area contributed by atoms with Crippen LogP contribution in [0.5, 0.6) is 0 Å². The molecule has 0 radical (unpaired) electrons. The molecule has 3 saturated heterocycles. The molecular weight excluding hydrogens is 1330 g/mol. The normalized spacial score (nSPS) is 16.4. The predicted molar refractivity (Wildman–Crippen MR) is 386 cm³/mol. The van der Waals surface area contributed by atoms with Gasteiger partial charge in [-0.05, 0) is 121 Å². The summed E-state index contributed by atoms with van der Waals surface area (Å²) in [7, 11) is -3.89. The number of ether oxygens (including phenoxy) is 1. The standard InChI is InChI=1S/2C25H25FN4O3S.C25H25FN4O3/c26-22-5-2-18(3-6-22)1-4-20-14-21(16-28-24(20)30-9-11-34(33)12-10-30)25(32)29-17-23(31)13-19-7-8-27-15-19;26-23-7-4-19(5-8-23)3-6-21-16-22(25(31)28-10-1-2-20-9-11-27-17-20)18-29-24(21)30-12-14-34(32,33)15-13-30;26-22-5-2-18(3-6-22)1-4-20-14-21(16-28-24(20)30-9-11-33-12-10-30)25(32)29-17-23(31)13-19-7-8-27-15-19/h2-3,5-7,14-16,23,31H,8-13,17H2,(H,29,32);4-5,7-9,16-18H,1-2,10-15H2,(H,28,31);2-3,5-7,14-16,23,31H,8-13,17H2,(H,29,32). The number of sulfone groups is 1. The van der Waals surface area contributed by atoms with Crippen molar-refractivity contribution in [2.45, 2.75) is 37.9 Å². The van der Waals surface area contributed by atoms with Crippen LogP contribution < -0.4 is 30.7 Å². The summed E-state index contributed by atoms with van der Waals surface area (Å²) in [6, 6.07) is 22.6. The zero-order valence-electron chi connectivity index (χ0n) is 55.3. The molecular formula is C75H75F3N12O9S2. The molecule has 101 heavy (non-hydrogen) atoms. The van der Waals surface area contributed by atoms with Gasteiger partial charge in [0, 0.05) is 148 Å². The molecule has 522 valence electrons. The van der Waals surface area contributed by atoms with Crippen LogP contribution in [-0.4, -0.2) is 201 Å². The third kappa shape index (κ3) is 22.8. The van der Waals surface area contributed by atoms with Gasteiger partial charge in [-0.1, -0.05) is 53.8 Å². The Hall–Kier alpha value is -10.4. The lowest BCUT2D eigenvalue weighted by molar-refractivity contribution is 0.0910. The fraction of sp³-hybridized carbons (Fsp3) is 0.320. The summed E-state index contributed by atoms with van der Waals surface area (Å²) in [6.07, 6.45) is 16.9. The number of aromatic nitrogens is 3. The van der Waals surface area contributed by atoms with Crippen LogP contribution in [0.25, 0.3) is 0 Å². The van der Waals surface area contributed by atoms with E-state index in [1.165, 1.54) is 60.6 Å². The lowest BCUT2D eigenvalue weighted by Crippen LogP contribution is -2.41. The summed E-state index contributed by atoms with van der Waals surface area (Å²) >= 11 is 0. The van der Waals surface area contributed by atoms with Crippen molar-refractivity contribution >= 4 is 74.5 Å². The number of hydrogen-bond acceptors (Lipinski definition) is 18. The van der Waals surface area contributed by atoms with Crippen LogP contribution in [-0.2, 0) is 25.4 Å². The fourth-order valence-electron chi connectivity index (χ4n) is 10.9. The van der Waals surface area contributed by atoms with E-state index in [-0.39, 0.29) is 59.8 Å². The number of pyridine rings is 3. The molecule has 9 heterocycles. The maximum absolute atomic E-state index is 13.2. The van der Waals surface area contributed by atoms with Gasteiger partial charge >= 0.3 is 0 Å². The fourth-order valence-corrected chi connectivity index (χ4v) is 13.1. The van der Waals surface area contributed by atoms with E-state index in [0.717, 1.165) is 30.5 Å². The molecule has 5 N–H and O–H groups in total. The summed E-state index contributed by atoms with van der Waals surface area (Å²) in [5, 5.41) is 28.8. The van der Waals surface area contributed by atoms with Crippen molar-refractivity contribution in [1.82, 2.24) is 30.9 Å². The molecule has 2 unspecified atom stereocenters. The van der Waals surface area contributed by atoms with Gasteiger partial charge in [0.05, 0.1) is 89.9 Å². The highest BCUT2D eigenvalue weighted by Gasteiger charge is 2.26. The molecule has 3 aromatic heterocycles. The molecule has 6 aliphatic rings. The number of aliphatic hydroxyl groups excluding tert-OH is 2. The average molecular weight is 1410 g/mol. The number of benzene rings is 3. The van der Waals surface area contributed by atoms with Gasteiger partial charge in [-0.25, -0.2) is 36.5 Å². The Morgan fingerprint density at radius 3 is 1.27 bits per heavy atom. The van der Waals surface area contributed by atoms with Crippen LogP contribution in [0.2, 0.25) is 0 Å². The van der Waals surface area contributed by atoms with E-state index in [4.69, 9.17) is 4.74 Å². The molecule has 6 aromatic rings. The number of nitrogens with one attached hydrogen (secondary N) is 3. The molecule has 3 aromatic carbocycles. The minimum atomic E-state index is -3.05. The van der Waals surface area contributed by atoms with Crippen molar-refractivity contribution in [3.05, 3.63) is 212 Å². The Morgan fingerprint density at radius 2 is 0.881 bits per heavy atom. The molecule has 26 heteroatoms. The van der Waals surface area contributed by atoms with E-state index in [0.29, 0.717) is 164 Å². The van der Waals surface area contributed by atoms with E-state index in [1.807, 2.05) is 28.2 Å². The maximum Gasteiger partial charge on any atom is 0.252 e. The molecule has 12 rings (SSSR count). The number of carbonyl (C=O) groups is 3. The van der Waals surface area contributed by atoms with Gasteiger partial charge in [-0.2, -0.15) is 0 Å². The van der Waals surface area contributed by atoms with E-state index >= 15 is 0 Å². The van der Waals surface area contributed by atoms with E-state index in [9.17, 15) is 50.4 Å². The van der Waals surface area contributed by atoms with E-state index < -0.39 is 32.8 Å². The number of rotatable bonds is 18. The van der Waals surface area contributed by atoms with Gasteiger partial charge in [0.1, 0.15) is 34.9 Å². The molecule has 6 aliphatic heterocycles. The zero-order chi connectivity index (χ0) is 70.9. The number of aliphatic hydroxyl groups is 2. The number of nitrogens with zero attached hydrogens (tertiary/aromatic N) is 9. The number of aliphatic imine (C=N–C) groups is 3. The van der Waals surface area contributed by atoms with Gasteiger partial charge in [0.25, 0.3) is 17.7 Å². The molecule has 0 aliphatic carbocycles. The highest BCUT2D eigenvalue weighted by Crippen LogP contribution is 2.25. The number of allylic oxidation sites excluding steroid dienone is 1. The van der Waals surface area contributed by atoms with Crippen molar-refractivity contribution in [2.24, 2.45) is 15.0 Å². The van der Waals surface area contributed by atoms with Crippen LogP contribution in [0.4, 0.5) is 30.6 Å². The second-order valence-electron chi connectivity index (χ2n) is 23.9. The average Bonchev–Trinajstić information content (AvgIpc) is 0.932. The first kappa shape index (κ1) is 73.3. The number of morpholine rings is 1.